The highest BCUT2D eigenvalue weighted by molar-refractivity contribution is 5.64. The Morgan fingerprint density at radius 2 is 1.50 bits per heavy atom. The second-order valence-electron chi connectivity index (χ2n) is 11.8. The summed E-state index contributed by atoms with van der Waals surface area (Å²) < 4.78 is 5.86. The van der Waals surface area contributed by atoms with Crippen molar-refractivity contribution >= 4 is 0 Å². The molecule has 1 unspecified atom stereocenters. The maximum absolute atomic E-state index is 10.1. The smallest absolute Gasteiger partial charge is 0.119 e. The zero-order chi connectivity index (χ0) is 25.8. The van der Waals surface area contributed by atoms with Crippen molar-refractivity contribution in [3.8, 4) is 22.9 Å². The molecule has 1 atom stereocenters. The molecule has 0 heterocycles. The van der Waals surface area contributed by atoms with Crippen molar-refractivity contribution in [1.29, 1.82) is 5.26 Å². The Morgan fingerprint density at radius 3 is 2.08 bits per heavy atom. The lowest BCUT2D eigenvalue weighted by atomic mass is 9.67. The van der Waals surface area contributed by atoms with E-state index in [2.05, 4.69) is 82.3 Å². The molecule has 2 heteroatoms. The third-order valence-corrected chi connectivity index (χ3v) is 8.36. The van der Waals surface area contributed by atoms with Crippen LogP contribution in [-0.4, -0.2) is 6.61 Å². The van der Waals surface area contributed by atoms with E-state index in [0.717, 1.165) is 62.7 Å². The van der Waals surface area contributed by atoms with Crippen LogP contribution in [0.2, 0.25) is 0 Å². The molecule has 0 bridgehead atoms. The van der Waals surface area contributed by atoms with Crippen LogP contribution >= 0.6 is 0 Å². The summed E-state index contributed by atoms with van der Waals surface area (Å²) in [5, 5.41) is 10.1. The number of benzene rings is 2. The van der Waals surface area contributed by atoms with Crippen LogP contribution in [0.15, 0.2) is 48.5 Å². The summed E-state index contributed by atoms with van der Waals surface area (Å²) in [6, 6.07) is 20.4. The first kappa shape index (κ1) is 28.3. The van der Waals surface area contributed by atoms with Gasteiger partial charge in [-0.3, -0.25) is 0 Å². The second-order valence-corrected chi connectivity index (χ2v) is 11.8. The Balaban J connectivity index is 1.48. The zero-order valence-electron chi connectivity index (χ0n) is 23.4. The molecule has 2 nitrogen and oxygen atoms in total. The highest BCUT2D eigenvalue weighted by Gasteiger charge is 2.35. The molecule has 0 N–H and O–H groups in total. The molecule has 0 spiro atoms. The van der Waals surface area contributed by atoms with E-state index in [1.54, 1.807) is 0 Å². The fourth-order valence-electron chi connectivity index (χ4n) is 5.70. The second kappa shape index (κ2) is 14.5. The lowest BCUT2D eigenvalue weighted by Crippen LogP contribution is -2.26. The molecule has 1 saturated carbocycles. The summed E-state index contributed by atoms with van der Waals surface area (Å²) in [6.45, 7) is 10.0. The molecule has 36 heavy (non-hydrogen) atoms. The van der Waals surface area contributed by atoms with E-state index in [1.807, 2.05) is 0 Å². The third-order valence-electron chi connectivity index (χ3n) is 8.36. The first-order valence-electron chi connectivity index (χ1n) is 14.7. The maximum Gasteiger partial charge on any atom is 0.119 e. The van der Waals surface area contributed by atoms with Crippen molar-refractivity contribution in [3.63, 3.8) is 0 Å². The minimum Gasteiger partial charge on any atom is -0.494 e. The topological polar surface area (TPSA) is 33.0 Å². The van der Waals surface area contributed by atoms with Gasteiger partial charge in [0.2, 0.25) is 0 Å². The molecule has 1 aliphatic carbocycles. The molecule has 0 amide bonds. The van der Waals surface area contributed by atoms with Crippen LogP contribution in [-0.2, 0) is 0 Å². The molecule has 3 rings (SSSR count). The molecule has 1 fully saturated rings. The first-order chi connectivity index (χ1) is 17.4. The van der Waals surface area contributed by atoms with E-state index in [-0.39, 0.29) is 5.41 Å². The van der Waals surface area contributed by atoms with Crippen molar-refractivity contribution in [2.45, 2.75) is 111 Å². The van der Waals surface area contributed by atoms with Crippen LogP contribution < -0.4 is 4.74 Å². The molecule has 0 saturated heterocycles. The summed E-state index contributed by atoms with van der Waals surface area (Å²) >= 11 is 0. The van der Waals surface area contributed by atoms with Crippen molar-refractivity contribution in [2.75, 3.05) is 6.61 Å². The highest BCUT2D eigenvalue weighted by Crippen LogP contribution is 2.46. The summed E-state index contributed by atoms with van der Waals surface area (Å²) in [5.74, 6) is 3.08. The van der Waals surface area contributed by atoms with E-state index >= 15 is 0 Å². The van der Waals surface area contributed by atoms with Gasteiger partial charge >= 0.3 is 0 Å². The van der Waals surface area contributed by atoms with Crippen LogP contribution in [0.1, 0.15) is 116 Å². The Kier molecular flexibility index (Phi) is 11.4. The van der Waals surface area contributed by atoms with Gasteiger partial charge in [-0.25, -0.2) is 0 Å². The highest BCUT2D eigenvalue weighted by atomic mass is 16.5. The van der Waals surface area contributed by atoms with Crippen LogP contribution in [0.5, 0.6) is 5.75 Å². The SMILES string of the molecule is CCCCCOc1ccc(-c2ccc(C3CCC(C#N)(CCC(C)CCCC(C)C)CC3)cc2)cc1. The number of hydrogen-bond acceptors (Lipinski definition) is 2. The van der Waals surface area contributed by atoms with Gasteiger partial charge in [-0.1, -0.05) is 96.2 Å². The van der Waals surface area contributed by atoms with Crippen LogP contribution in [0.3, 0.4) is 0 Å². The van der Waals surface area contributed by atoms with Gasteiger partial charge in [0.15, 0.2) is 0 Å². The monoisotopic (exact) mass is 487 g/mol. The minimum absolute atomic E-state index is 0.0941. The Bertz CT molecular complexity index is 913. The fraction of sp³-hybridized carbons (Fsp3) is 0.618. The van der Waals surface area contributed by atoms with Crippen LogP contribution in [0, 0.1) is 28.6 Å². The van der Waals surface area contributed by atoms with E-state index < -0.39 is 0 Å². The van der Waals surface area contributed by atoms with Gasteiger partial charge in [0, 0.05) is 0 Å². The van der Waals surface area contributed by atoms with Gasteiger partial charge in [-0.2, -0.15) is 5.26 Å². The predicted molar refractivity (Wildman–Crippen MR) is 153 cm³/mol. The summed E-state index contributed by atoms with van der Waals surface area (Å²) in [7, 11) is 0. The van der Waals surface area contributed by atoms with Gasteiger partial charge in [0.25, 0.3) is 0 Å². The van der Waals surface area contributed by atoms with Gasteiger partial charge < -0.3 is 4.74 Å². The Morgan fingerprint density at radius 1 is 0.861 bits per heavy atom. The number of rotatable bonds is 14. The number of nitrogens with zero attached hydrogens (tertiary/aromatic N) is 1. The Hall–Kier alpha value is -2.27. The number of unbranched alkanes of at least 4 members (excludes halogenated alkanes) is 2. The number of nitriles is 1. The van der Waals surface area contributed by atoms with Gasteiger partial charge in [0.1, 0.15) is 5.75 Å². The van der Waals surface area contributed by atoms with Crippen LogP contribution in [0.25, 0.3) is 11.1 Å². The average molecular weight is 488 g/mol. The molecule has 1 aliphatic rings. The molecular formula is C34H49NO. The molecule has 0 radical (unpaired) electrons. The van der Waals surface area contributed by atoms with Crippen molar-refractivity contribution < 1.29 is 4.74 Å². The van der Waals surface area contributed by atoms with E-state index in [9.17, 15) is 5.26 Å². The molecule has 2 aromatic carbocycles. The van der Waals surface area contributed by atoms with Crippen molar-refractivity contribution in [3.05, 3.63) is 54.1 Å². The van der Waals surface area contributed by atoms with Gasteiger partial charge in [0.05, 0.1) is 18.1 Å². The molecule has 0 aromatic heterocycles. The number of ether oxygens (including phenoxy) is 1. The zero-order valence-corrected chi connectivity index (χ0v) is 23.4. The molecule has 0 aliphatic heterocycles. The average Bonchev–Trinajstić information content (AvgIpc) is 2.90. The largest absolute Gasteiger partial charge is 0.494 e. The van der Waals surface area contributed by atoms with Gasteiger partial charge in [-0.15, -0.1) is 0 Å². The quantitative estimate of drug-likeness (QED) is 0.248. The summed E-state index contributed by atoms with van der Waals surface area (Å²) in [4.78, 5) is 0. The van der Waals surface area contributed by atoms with E-state index in [1.165, 1.54) is 55.2 Å². The third kappa shape index (κ3) is 8.69. The first-order valence-corrected chi connectivity index (χ1v) is 14.7. The van der Waals surface area contributed by atoms with E-state index in [0.29, 0.717) is 5.92 Å². The van der Waals surface area contributed by atoms with Crippen molar-refractivity contribution in [2.24, 2.45) is 17.3 Å². The molecule has 2 aromatic rings. The summed E-state index contributed by atoms with van der Waals surface area (Å²) in [6.07, 6.45) is 14.2. The van der Waals surface area contributed by atoms with Crippen LogP contribution in [0.4, 0.5) is 0 Å². The molecule has 196 valence electrons. The standard InChI is InChI=1S/C34H49NO/c1-5-6-7-25-36-33-17-15-31(16-18-33)29-11-13-30(14-12-29)32-20-23-34(26-35,24-21-32)22-19-28(4)10-8-9-27(2)3/h11-18,27-28,32H,5-10,19-25H2,1-4H3. The number of hydrogen-bond donors (Lipinski definition) is 0. The van der Waals surface area contributed by atoms with Crippen molar-refractivity contribution in [1.82, 2.24) is 0 Å². The van der Waals surface area contributed by atoms with E-state index in [4.69, 9.17) is 4.74 Å². The maximum atomic E-state index is 10.1. The normalized spacial score (nSPS) is 20.7. The Labute approximate surface area is 221 Å². The predicted octanol–water partition coefficient (Wildman–Crippen LogP) is 10.3. The fourth-order valence-corrected chi connectivity index (χ4v) is 5.70. The minimum atomic E-state index is -0.0941. The lowest BCUT2D eigenvalue weighted by molar-refractivity contribution is 0.211. The summed E-state index contributed by atoms with van der Waals surface area (Å²) in [5.41, 5.74) is 3.83. The molecular weight excluding hydrogens is 438 g/mol. The lowest BCUT2D eigenvalue weighted by Gasteiger charge is -2.36. The van der Waals surface area contributed by atoms with Gasteiger partial charge in [-0.05, 0) is 91.5 Å².